The molecule has 0 spiro atoms. The Bertz CT molecular complexity index is 815. The predicted octanol–water partition coefficient (Wildman–Crippen LogP) is 2.32. The van der Waals surface area contributed by atoms with Crippen molar-refractivity contribution in [2.75, 3.05) is 0 Å². The molecular weight excluding hydrogens is 268 g/mol. The Balaban J connectivity index is 2.16. The molecule has 2 aromatic heterocycles. The van der Waals surface area contributed by atoms with Gasteiger partial charge in [-0.1, -0.05) is 0 Å². The maximum atomic E-state index is 13.2. The van der Waals surface area contributed by atoms with Gasteiger partial charge in [-0.25, -0.2) is 18.6 Å². The van der Waals surface area contributed by atoms with E-state index < -0.39 is 17.6 Å². The molecule has 20 heavy (non-hydrogen) atoms. The summed E-state index contributed by atoms with van der Waals surface area (Å²) in [5.74, 6) is -2.08. The van der Waals surface area contributed by atoms with Crippen molar-refractivity contribution in [3.05, 3.63) is 47.9 Å². The number of carboxylic acid groups (broad SMARTS) is 1. The van der Waals surface area contributed by atoms with Crippen molar-refractivity contribution in [1.82, 2.24) is 14.0 Å². The SMILES string of the molecule is Cn1c(C(=O)O)cn2cc(-c3cc(F)cc(F)c3)nc12. The van der Waals surface area contributed by atoms with Crippen LogP contribution in [0.5, 0.6) is 0 Å². The van der Waals surface area contributed by atoms with Gasteiger partial charge < -0.3 is 9.67 Å². The summed E-state index contributed by atoms with van der Waals surface area (Å²) in [4.78, 5) is 15.2. The highest BCUT2D eigenvalue weighted by molar-refractivity contribution is 5.86. The molecule has 0 radical (unpaired) electrons. The third-order valence-electron chi connectivity index (χ3n) is 3.01. The Morgan fingerprint density at radius 1 is 1.20 bits per heavy atom. The minimum absolute atomic E-state index is 0.0736. The number of aryl methyl sites for hydroxylation is 1. The fourth-order valence-corrected chi connectivity index (χ4v) is 2.09. The van der Waals surface area contributed by atoms with Gasteiger partial charge in [0.05, 0.1) is 5.69 Å². The molecule has 3 aromatic rings. The van der Waals surface area contributed by atoms with Gasteiger partial charge in [-0.3, -0.25) is 4.40 Å². The van der Waals surface area contributed by atoms with Gasteiger partial charge >= 0.3 is 5.97 Å². The van der Waals surface area contributed by atoms with E-state index in [1.54, 1.807) is 7.05 Å². The zero-order chi connectivity index (χ0) is 14.4. The molecule has 0 bridgehead atoms. The van der Waals surface area contributed by atoms with Crippen molar-refractivity contribution in [2.24, 2.45) is 7.05 Å². The van der Waals surface area contributed by atoms with E-state index in [-0.39, 0.29) is 5.69 Å². The highest BCUT2D eigenvalue weighted by Gasteiger charge is 2.15. The summed E-state index contributed by atoms with van der Waals surface area (Å²) in [7, 11) is 1.56. The summed E-state index contributed by atoms with van der Waals surface area (Å²) >= 11 is 0. The first-order valence-electron chi connectivity index (χ1n) is 5.70. The van der Waals surface area contributed by atoms with E-state index in [0.29, 0.717) is 17.0 Å². The van der Waals surface area contributed by atoms with Crippen LogP contribution in [0.15, 0.2) is 30.6 Å². The smallest absolute Gasteiger partial charge is 0.354 e. The van der Waals surface area contributed by atoms with Crippen LogP contribution in [0, 0.1) is 11.6 Å². The first kappa shape index (κ1) is 12.3. The molecule has 0 aliphatic rings. The summed E-state index contributed by atoms with van der Waals surface area (Å²) in [5, 5.41) is 8.98. The number of carbonyl (C=O) groups is 1. The van der Waals surface area contributed by atoms with Crippen molar-refractivity contribution < 1.29 is 18.7 Å². The van der Waals surface area contributed by atoms with E-state index >= 15 is 0 Å². The van der Waals surface area contributed by atoms with E-state index in [0.717, 1.165) is 6.07 Å². The molecular formula is C13H9F2N3O2. The lowest BCUT2D eigenvalue weighted by molar-refractivity contribution is 0.0686. The van der Waals surface area contributed by atoms with Crippen molar-refractivity contribution >= 4 is 11.7 Å². The second-order valence-corrected chi connectivity index (χ2v) is 4.37. The second-order valence-electron chi connectivity index (χ2n) is 4.37. The number of halogens is 2. The quantitative estimate of drug-likeness (QED) is 0.782. The zero-order valence-electron chi connectivity index (χ0n) is 10.3. The Morgan fingerprint density at radius 3 is 2.40 bits per heavy atom. The molecule has 0 fully saturated rings. The maximum absolute atomic E-state index is 13.2. The number of aromatic carboxylic acids is 1. The number of hydrogen-bond acceptors (Lipinski definition) is 2. The molecule has 102 valence electrons. The summed E-state index contributed by atoms with van der Waals surface area (Å²) in [6.07, 6.45) is 2.92. The molecule has 5 nitrogen and oxygen atoms in total. The molecule has 1 aromatic carbocycles. The highest BCUT2D eigenvalue weighted by atomic mass is 19.1. The summed E-state index contributed by atoms with van der Waals surface area (Å²) < 4.78 is 29.3. The van der Waals surface area contributed by atoms with Gasteiger partial charge in [0, 0.05) is 31.1 Å². The lowest BCUT2D eigenvalue weighted by Gasteiger charge is -1.98. The van der Waals surface area contributed by atoms with Crippen LogP contribution in [-0.4, -0.2) is 25.0 Å². The number of aromatic nitrogens is 3. The normalized spacial score (nSPS) is 11.2. The van der Waals surface area contributed by atoms with Crippen molar-refractivity contribution in [3.8, 4) is 11.3 Å². The van der Waals surface area contributed by atoms with Crippen LogP contribution >= 0.6 is 0 Å². The van der Waals surface area contributed by atoms with E-state index in [1.165, 1.54) is 33.5 Å². The van der Waals surface area contributed by atoms with Crippen molar-refractivity contribution in [1.29, 1.82) is 0 Å². The minimum atomic E-state index is -1.07. The average Bonchev–Trinajstić information content (AvgIpc) is 2.88. The molecule has 1 N–H and O–H groups in total. The monoisotopic (exact) mass is 277 g/mol. The first-order chi connectivity index (χ1) is 9.45. The van der Waals surface area contributed by atoms with Gasteiger partial charge in [-0.2, -0.15) is 0 Å². The summed E-state index contributed by atoms with van der Waals surface area (Å²) in [6, 6.07) is 3.12. The van der Waals surface area contributed by atoms with Gasteiger partial charge in [0.15, 0.2) is 0 Å². The third kappa shape index (κ3) is 1.83. The number of benzene rings is 1. The van der Waals surface area contributed by atoms with E-state index in [2.05, 4.69) is 4.98 Å². The Labute approximate surface area is 111 Å². The number of carboxylic acids is 1. The van der Waals surface area contributed by atoms with Gasteiger partial charge in [-0.05, 0) is 12.1 Å². The van der Waals surface area contributed by atoms with Crippen LogP contribution in [0.1, 0.15) is 10.5 Å². The molecule has 0 aliphatic carbocycles. The maximum Gasteiger partial charge on any atom is 0.354 e. The Kier molecular flexibility index (Phi) is 2.56. The topological polar surface area (TPSA) is 59.5 Å². The van der Waals surface area contributed by atoms with Gasteiger partial charge in [0.2, 0.25) is 5.78 Å². The minimum Gasteiger partial charge on any atom is -0.477 e. The third-order valence-corrected chi connectivity index (χ3v) is 3.01. The molecule has 3 rings (SSSR count). The fraction of sp³-hybridized carbons (Fsp3) is 0.0769. The fourth-order valence-electron chi connectivity index (χ4n) is 2.09. The Hall–Kier alpha value is -2.70. The molecule has 0 saturated heterocycles. The molecule has 0 aliphatic heterocycles. The molecule has 2 heterocycles. The van der Waals surface area contributed by atoms with Crippen molar-refractivity contribution in [2.45, 2.75) is 0 Å². The number of imidazole rings is 2. The molecule has 0 atom stereocenters. The Morgan fingerprint density at radius 2 is 1.85 bits per heavy atom. The number of fused-ring (bicyclic) bond motifs is 1. The average molecular weight is 277 g/mol. The van der Waals surface area contributed by atoms with Gasteiger partial charge in [-0.15, -0.1) is 0 Å². The predicted molar refractivity (Wildman–Crippen MR) is 66.5 cm³/mol. The lowest BCUT2D eigenvalue weighted by atomic mass is 10.1. The van der Waals surface area contributed by atoms with Crippen LogP contribution in [-0.2, 0) is 7.05 Å². The van der Waals surface area contributed by atoms with Crippen molar-refractivity contribution in [3.63, 3.8) is 0 Å². The van der Waals surface area contributed by atoms with Gasteiger partial charge in [0.1, 0.15) is 17.3 Å². The number of hydrogen-bond donors (Lipinski definition) is 1. The largest absolute Gasteiger partial charge is 0.477 e. The van der Waals surface area contributed by atoms with E-state index in [1.807, 2.05) is 0 Å². The number of rotatable bonds is 2. The van der Waals surface area contributed by atoms with E-state index in [4.69, 9.17) is 5.11 Å². The highest BCUT2D eigenvalue weighted by Crippen LogP contribution is 2.22. The van der Waals surface area contributed by atoms with Crippen LogP contribution in [0.4, 0.5) is 8.78 Å². The van der Waals surface area contributed by atoms with Crippen LogP contribution in [0.3, 0.4) is 0 Å². The summed E-state index contributed by atoms with van der Waals surface area (Å²) in [6.45, 7) is 0. The van der Waals surface area contributed by atoms with Crippen LogP contribution in [0.25, 0.3) is 17.0 Å². The number of nitrogens with zero attached hydrogens (tertiary/aromatic N) is 3. The van der Waals surface area contributed by atoms with Crippen LogP contribution in [0.2, 0.25) is 0 Å². The van der Waals surface area contributed by atoms with Gasteiger partial charge in [0.25, 0.3) is 0 Å². The molecule has 0 unspecified atom stereocenters. The molecule has 0 amide bonds. The summed E-state index contributed by atoms with van der Waals surface area (Å²) in [5.41, 5.74) is 0.735. The standard InChI is InChI=1S/C13H9F2N3O2/c1-17-11(12(19)20)6-18-5-10(16-13(17)18)7-2-8(14)4-9(15)3-7/h2-6H,1H3,(H,19,20). The lowest BCUT2D eigenvalue weighted by Crippen LogP contribution is -2.04. The molecule has 7 heteroatoms. The first-order valence-corrected chi connectivity index (χ1v) is 5.70. The van der Waals surface area contributed by atoms with E-state index in [9.17, 15) is 13.6 Å². The zero-order valence-corrected chi connectivity index (χ0v) is 10.3. The molecule has 0 saturated carbocycles. The van der Waals surface area contributed by atoms with Crippen LogP contribution < -0.4 is 0 Å². The second kappa shape index (κ2) is 4.16.